The maximum absolute atomic E-state index is 11.8. The van der Waals surface area contributed by atoms with E-state index in [1.54, 1.807) is 18.2 Å². The zero-order valence-corrected chi connectivity index (χ0v) is 11.9. The molecular formula is C12H15BrN2O4. The van der Waals surface area contributed by atoms with Gasteiger partial charge >= 0.3 is 5.97 Å². The summed E-state index contributed by atoms with van der Waals surface area (Å²) in [5.41, 5.74) is 6.09. The molecule has 0 heterocycles. The number of nitrogens with two attached hydrogens (primary N) is 1. The first-order valence-electron chi connectivity index (χ1n) is 5.56. The number of amides is 1. The van der Waals surface area contributed by atoms with Crippen LogP contribution in [0.1, 0.15) is 12.8 Å². The number of benzene rings is 1. The Bertz CT molecular complexity index is 479. The van der Waals surface area contributed by atoms with Crippen LogP contribution in [0.15, 0.2) is 22.7 Å². The molecule has 0 spiro atoms. The molecule has 19 heavy (non-hydrogen) atoms. The Morgan fingerprint density at radius 3 is 2.79 bits per heavy atom. The SMILES string of the molecule is COc1ccc(Br)cc1NC(=O)C(N)CCC(=O)O. The highest BCUT2D eigenvalue weighted by molar-refractivity contribution is 9.10. The monoisotopic (exact) mass is 330 g/mol. The zero-order chi connectivity index (χ0) is 14.4. The summed E-state index contributed by atoms with van der Waals surface area (Å²) >= 11 is 3.29. The Morgan fingerprint density at radius 2 is 2.21 bits per heavy atom. The third-order valence-electron chi connectivity index (χ3n) is 2.43. The van der Waals surface area contributed by atoms with E-state index in [2.05, 4.69) is 21.2 Å². The van der Waals surface area contributed by atoms with Crippen molar-refractivity contribution in [2.75, 3.05) is 12.4 Å². The summed E-state index contributed by atoms with van der Waals surface area (Å²) in [5.74, 6) is -0.928. The molecule has 0 saturated heterocycles. The summed E-state index contributed by atoms with van der Waals surface area (Å²) in [7, 11) is 1.49. The molecule has 1 aromatic carbocycles. The standard InChI is InChI=1S/C12H15BrN2O4/c1-19-10-4-2-7(13)6-9(10)15-12(18)8(14)3-5-11(16)17/h2,4,6,8H,3,5,14H2,1H3,(H,15,18)(H,16,17). The maximum atomic E-state index is 11.8. The third kappa shape index (κ3) is 4.88. The molecule has 0 bridgehead atoms. The van der Waals surface area contributed by atoms with Crippen molar-refractivity contribution >= 4 is 33.5 Å². The average Bonchev–Trinajstić information content (AvgIpc) is 2.36. The largest absolute Gasteiger partial charge is 0.495 e. The molecular weight excluding hydrogens is 316 g/mol. The van der Waals surface area contributed by atoms with Gasteiger partial charge in [-0.15, -0.1) is 0 Å². The Labute approximate surface area is 119 Å². The number of carbonyl (C=O) groups excluding carboxylic acids is 1. The van der Waals surface area contributed by atoms with E-state index < -0.39 is 17.9 Å². The van der Waals surface area contributed by atoms with E-state index in [1.165, 1.54) is 7.11 Å². The van der Waals surface area contributed by atoms with Gasteiger partial charge in [0.1, 0.15) is 5.75 Å². The molecule has 7 heteroatoms. The van der Waals surface area contributed by atoms with Gasteiger partial charge < -0.3 is 20.9 Å². The van der Waals surface area contributed by atoms with Gasteiger partial charge in [0.2, 0.25) is 5.91 Å². The first-order chi connectivity index (χ1) is 8.93. The van der Waals surface area contributed by atoms with E-state index in [9.17, 15) is 9.59 Å². The van der Waals surface area contributed by atoms with Crippen molar-refractivity contribution in [2.24, 2.45) is 5.73 Å². The summed E-state index contributed by atoms with van der Waals surface area (Å²) < 4.78 is 5.89. The number of hydrogen-bond acceptors (Lipinski definition) is 4. The minimum Gasteiger partial charge on any atom is -0.495 e. The second-order valence-electron chi connectivity index (χ2n) is 3.87. The van der Waals surface area contributed by atoms with Crippen LogP contribution in [-0.2, 0) is 9.59 Å². The molecule has 104 valence electrons. The number of halogens is 1. The number of methoxy groups -OCH3 is 1. The fourth-order valence-electron chi connectivity index (χ4n) is 1.41. The third-order valence-corrected chi connectivity index (χ3v) is 2.92. The van der Waals surface area contributed by atoms with Crippen molar-refractivity contribution in [1.29, 1.82) is 0 Å². The summed E-state index contributed by atoms with van der Waals surface area (Å²) in [4.78, 5) is 22.2. The van der Waals surface area contributed by atoms with Crippen molar-refractivity contribution in [3.63, 3.8) is 0 Å². The van der Waals surface area contributed by atoms with Gasteiger partial charge in [-0.1, -0.05) is 15.9 Å². The lowest BCUT2D eigenvalue weighted by molar-refractivity contribution is -0.137. The number of aliphatic carboxylic acids is 1. The number of rotatable bonds is 6. The lowest BCUT2D eigenvalue weighted by atomic mass is 10.1. The van der Waals surface area contributed by atoms with E-state index >= 15 is 0 Å². The van der Waals surface area contributed by atoms with Crippen LogP contribution in [0.25, 0.3) is 0 Å². The fourth-order valence-corrected chi connectivity index (χ4v) is 1.77. The van der Waals surface area contributed by atoms with Gasteiger partial charge in [0.15, 0.2) is 0 Å². The van der Waals surface area contributed by atoms with Gasteiger partial charge in [-0.25, -0.2) is 0 Å². The normalized spacial score (nSPS) is 11.7. The lowest BCUT2D eigenvalue weighted by Gasteiger charge is -2.14. The second kappa shape index (κ2) is 7.10. The molecule has 0 aliphatic heterocycles. The number of carbonyl (C=O) groups is 2. The van der Waals surface area contributed by atoms with E-state index in [-0.39, 0.29) is 12.8 Å². The number of hydrogen-bond donors (Lipinski definition) is 3. The summed E-state index contributed by atoms with van der Waals surface area (Å²) in [6, 6.07) is 4.28. The van der Waals surface area contributed by atoms with Crippen molar-refractivity contribution in [3.05, 3.63) is 22.7 Å². The summed E-state index contributed by atoms with van der Waals surface area (Å²) in [6.07, 6.45) is -0.0678. The number of carboxylic acids is 1. The van der Waals surface area contributed by atoms with Crippen LogP contribution >= 0.6 is 15.9 Å². The van der Waals surface area contributed by atoms with Crippen LogP contribution in [0.2, 0.25) is 0 Å². The quantitative estimate of drug-likeness (QED) is 0.735. The van der Waals surface area contributed by atoms with Crippen molar-refractivity contribution in [1.82, 2.24) is 0 Å². The van der Waals surface area contributed by atoms with Crippen LogP contribution in [0.5, 0.6) is 5.75 Å². The van der Waals surface area contributed by atoms with Gasteiger partial charge in [-0.3, -0.25) is 9.59 Å². The fraction of sp³-hybridized carbons (Fsp3) is 0.333. The van der Waals surface area contributed by atoms with Crippen molar-refractivity contribution < 1.29 is 19.4 Å². The second-order valence-corrected chi connectivity index (χ2v) is 4.79. The van der Waals surface area contributed by atoms with Crippen LogP contribution in [0, 0.1) is 0 Å². The number of carboxylic acid groups (broad SMARTS) is 1. The minimum absolute atomic E-state index is 0.0808. The Morgan fingerprint density at radius 1 is 1.53 bits per heavy atom. The Kier molecular flexibility index (Phi) is 5.78. The van der Waals surface area contributed by atoms with E-state index in [0.717, 1.165) is 4.47 Å². The number of anilines is 1. The molecule has 0 aliphatic rings. The van der Waals surface area contributed by atoms with Gasteiger partial charge in [-0.05, 0) is 24.6 Å². The average molecular weight is 331 g/mol. The first kappa shape index (κ1) is 15.5. The number of nitrogens with one attached hydrogen (secondary N) is 1. The molecule has 1 rings (SSSR count). The molecule has 0 fully saturated rings. The number of ether oxygens (including phenoxy) is 1. The van der Waals surface area contributed by atoms with Gasteiger partial charge in [-0.2, -0.15) is 0 Å². The van der Waals surface area contributed by atoms with Crippen LogP contribution in [0.3, 0.4) is 0 Å². The van der Waals surface area contributed by atoms with Crippen LogP contribution < -0.4 is 15.8 Å². The van der Waals surface area contributed by atoms with Crippen LogP contribution in [-0.4, -0.2) is 30.1 Å². The highest BCUT2D eigenvalue weighted by Gasteiger charge is 2.16. The molecule has 6 nitrogen and oxygen atoms in total. The maximum Gasteiger partial charge on any atom is 0.303 e. The Hall–Kier alpha value is -1.60. The van der Waals surface area contributed by atoms with Crippen molar-refractivity contribution in [2.45, 2.75) is 18.9 Å². The molecule has 1 atom stereocenters. The molecule has 0 aliphatic carbocycles. The molecule has 1 aromatic rings. The van der Waals surface area contributed by atoms with E-state index in [0.29, 0.717) is 11.4 Å². The van der Waals surface area contributed by atoms with E-state index in [1.807, 2.05) is 0 Å². The molecule has 0 aromatic heterocycles. The van der Waals surface area contributed by atoms with E-state index in [4.69, 9.17) is 15.6 Å². The van der Waals surface area contributed by atoms with Gasteiger partial charge in [0.05, 0.1) is 18.8 Å². The lowest BCUT2D eigenvalue weighted by Crippen LogP contribution is -2.36. The summed E-state index contributed by atoms with van der Waals surface area (Å²) in [6.45, 7) is 0. The summed E-state index contributed by atoms with van der Waals surface area (Å²) in [5, 5.41) is 11.2. The smallest absolute Gasteiger partial charge is 0.303 e. The molecule has 0 saturated carbocycles. The highest BCUT2D eigenvalue weighted by Crippen LogP contribution is 2.27. The molecule has 0 radical (unpaired) electrons. The molecule has 1 unspecified atom stereocenters. The predicted octanol–water partition coefficient (Wildman–Crippen LogP) is 1.59. The first-order valence-corrected chi connectivity index (χ1v) is 6.35. The topological polar surface area (TPSA) is 102 Å². The van der Waals surface area contributed by atoms with Crippen LogP contribution in [0.4, 0.5) is 5.69 Å². The molecule has 4 N–H and O–H groups in total. The molecule has 1 amide bonds. The zero-order valence-electron chi connectivity index (χ0n) is 10.4. The van der Waals surface area contributed by atoms with Crippen molar-refractivity contribution in [3.8, 4) is 5.75 Å². The van der Waals surface area contributed by atoms with Gasteiger partial charge in [0, 0.05) is 10.9 Å². The predicted molar refractivity (Wildman–Crippen MR) is 74.2 cm³/mol. The Balaban J connectivity index is 2.70. The highest BCUT2D eigenvalue weighted by atomic mass is 79.9. The van der Waals surface area contributed by atoms with Gasteiger partial charge in [0.25, 0.3) is 0 Å². The minimum atomic E-state index is -0.983.